The average Bonchev–Trinajstić information content (AvgIpc) is 2.56. The van der Waals surface area contributed by atoms with Crippen molar-refractivity contribution in [1.82, 2.24) is 10.6 Å². The Morgan fingerprint density at radius 2 is 1.81 bits per heavy atom. The Labute approximate surface area is 151 Å². The molecule has 0 saturated carbocycles. The van der Waals surface area contributed by atoms with Gasteiger partial charge in [0.1, 0.15) is 23.7 Å². The predicted octanol–water partition coefficient (Wildman–Crippen LogP) is 0.900. The first-order valence-corrected chi connectivity index (χ1v) is 8.12. The summed E-state index contributed by atoms with van der Waals surface area (Å²) in [4.78, 5) is 46.9. The van der Waals surface area contributed by atoms with Crippen LogP contribution in [0.3, 0.4) is 0 Å². The molecule has 7 nitrogen and oxygen atoms in total. The zero-order valence-corrected chi connectivity index (χ0v) is 15.0. The van der Waals surface area contributed by atoms with Gasteiger partial charge in [0.2, 0.25) is 11.8 Å². The number of hydrogen-bond donors (Lipinski definition) is 2. The molecule has 1 rings (SSSR count). The Morgan fingerprint density at radius 3 is 2.35 bits per heavy atom. The number of carbonyl (C=O) groups excluding carboxylic acids is 4. The van der Waals surface area contributed by atoms with Crippen LogP contribution in [0.2, 0.25) is 0 Å². The minimum absolute atomic E-state index is 0.0454. The van der Waals surface area contributed by atoms with Crippen LogP contribution in [0.5, 0.6) is 0 Å². The lowest BCUT2D eigenvalue weighted by Gasteiger charge is -2.22. The van der Waals surface area contributed by atoms with E-state index in [4.69, 9.17) is 0 Å². The monoisotopic (exact) mass is 366 g/mol. The highest BCUT2D eigenvalue weighted by Gasteiger charge is 2.27. The number of carbonyl (C=O) groups is 4. The molecule has 0 heterocycles. The Hall–Kier alpha value is -2.77. The molecule has 0 bridgehead atoms. The van der Waals surface area contributed by atoms with Gasteiger partial charge in [-0.25, -0.2) is 9.18 Å². The van der Waals surface area contributed by atoms with Crippen LogP contribution < -0.4 is 10.6 Å². The summed E-state index contributed by atoms with van der Waals surface area (Å²) in [6.07, 6.45) is 0.221. The molecule has 0 aliphatic rings. The SMILES string of the molecule is COC(=O)[C@H](CCC(C)=O)NC(=O)[C@H](Cc1cccc(F)c1)NC(C)=O. The maximum absolute atomic E-state index is 13.3. The molecule has 0 saturated heterocycles. The van der Waals surface area contributed by atoms with E-state index in [1.165, 1.54) is 39.2 Å². The number of esters is 1. The van der Waals surface area contributed by atoms with Gasteiger partial charge in [-0.3, -0.25) is 9.59 Å². The fourth-order valence-corrected chi connectivity index (χ4v) is 2.37. The molecule has 2 amide bonds. The Morgan fingerprint density at radius 1 is 1.12 bits per heavy atom. The third-order valence-electron chi connectivity index (χ3n) is 3.61. The van der Waals surface area contributed by atoms with Gasteiger partial charge in [0.15, 0.2) is 0 Å². The zero-order valence-electron chi connectivity index (χ0n) is 15.0. The van der Waals surface area contributed by atoms with Gasteiger partial charge in [-0.1, -0.05) is 12.1 Å². The second-order valence-corrected chi connectivity index (χ2v) is 5.91. The number of Topliss-reactive ketones (excluding diaryl/α,β-unsaturated/α-hetero) is 1. The third kappa shape index (κ3) is 7.42. The molecule has 26 heavy (non-hydrogen) atoms. The van der Waals surface area contributed by atoms with Crippen molar-refractivity contribution in [3.63, 3.8) is 0 Å². The van der Waals surface area contributed by atoms with Crippen LogP contribution in [0.25, 0.3) is 0 Å². The van der Waals surface area contributed by atoms with Gasteiger partial charge in [0.25, 0.3) is 0 Å². The number of nitrogens with one attached hydrogen (secondary N) is 2. The number of ether oxygens (including phenoxy) is 1. The summed E-state index contributed by atoms with van der Waals surface area (Å²) in [6.45, 7) is 2.62. The van der Waals surface area contributed by atoms with Crippen molar-refractivity contribution in [3.8, 4) is 0 Å². The highest BCUT2D eigenvalue weighted by molar-refractivity contribution is 5.90. The van der Waals surface area contributed by atoms with Crippen molar-refractivity contribution in [2.24, 2.45) is 0 Å². The molecule has 2 N–H and O–H groups in total. The van der Waals surface area contributed by atoms with E-state index in [0.29, 0.717) is 5.56 Å². The summed E-state index contributed by atoms with van der Waals surface area (Å²) in [5.74, 6) is -2.35. The fourth-order valence-electron chi connectivity index (χ4n) is 2.37. The highest BCUT2D eigenvalue weighted by Crippen LogP contribution is 2.08. The van der Waals surface area contributed by atoms with Crippen molar-refractivity contribution in [2.45, 2.75) is 45.2 Å². The quantitative estimate of drug-likeness (QED) is 0.633. The number of amides is 2. The molecule has 0 aromatic heterocycles. The van der Waals surface area contributed by atoms with Crippen LogP contribution >= 0.6 is 0 Å². The molecule has 0 unspecified atom stereocenters. The van der Waals surface area contributed by atoms with Crippen molar-refractivity contribution in [2.75, 3.05) is 7.11 Å². The Bertz CT molecular complexity index is 677. The maximum atomic E-state index is 13.3. The Kier molecular flexibility index (Phi) is 8.41. The number of methoxy groups -OCH3 is 1. The first-order valence-electron chi connectivity index (χ1n) is 8.12. The summed E-state index contributed by atoms with van der Waals surface area (Å²) in [6, 6.07) is 3.64. The van der Waals surface area contributed by atoms with Crippen molar-refractivity contribution in [3.05, 3.63) is 35.6 Å². The standard InChI is InChI=1S/C18H23FN2O5/c1-11(22)7-8-15(18(25)26-3)21-17(24)16(20-12(2)23)10-13-5-4-6-14(19)9-13/h4-6,9,15-16H,7-8,10H2,1-3H3,(H,20,23)(H,21,24)/t15-,16-/m0/s1. The van der Waals surface area contributed by atoms with Gasteiger partial charge in [-0.05, 0) is 31.0 Å². The molecular formula is C18H23FN2O5. The maximum Gasteiger partial charge on any atom is 0.328 e. The number of benzene rings is 1. The molecule has 0 aliphatic heterocycles. The molecule has 1 aromatic carbocycles. The lowest BCUT2D eigenvalue weighted by molar-refractivity contribution is -0.145. The molecule has 0 spiro atoms. The number of rotatable bonds is 9. The molecule has 1 aromatic rings. The molecule has 8 heteroatoms. The normalized spacial score (nSPS) is 12.6. The summed E-state index contributed by atoms with van der Waals surface area (Å²) < 4.78 is 18.0. The van der Waals surface area contributed by atoms with Gasteiger partial charge < -0.3 is 20.2 Å². The lowest BCUT2D eigenvalue weighted by Crippen LogP contribution is -2.52. The first kappa shape index (κ1) is 21.3. The average molecular weight is 366 g/mol. The zero-order chi connectivity index (χ0) is 19.7. The van der Waals surface area contributed by atoms with Crippen LogP contribution in [0.4, 0.5) is 4.39 Å². The van der Waals surface area contributed by atoms with E-state index in [1.807, 2.05) is 0 Å². The largest absolute Gasteiger partial charge is 0.467 e. The summed E-state index contributed by atoms with van der Waals surface area (Å²) in [5, 5.41) is 4.97. The van der Waals surface area contributed by atoms with Crippen LogP contribution in [0, 0.1) is 5.82 Å². The predicted molar refractivity (Wildman–Crippen MR) is 91.6 cm³/mol. The Balaban J connectivity index is 2.89. The van der Waals surface area contributed by atoms with Crippen molar-refractivity contribution in [1.29, 1.82) is 0 Å². The second-order valence-electron chi connectivity index (χ2n) is 5.91. The number of hydrogen-bond acceptors (Lipinski definition) is 5. The van der Waals surface area contributed by atoms with E-state index in [0.717, 1.165) is 0 Å². The number of ketones is 1. The van der Waals surface area contributed by atoms with Crippen LogP contribution in [-0.4, -0.2) is 42.8 Å². The van der Waals surface area contributed by atoms with Gasteiger partial charge in [0.05, 0.1) is 7.11 Å². The van der Waals surface area contributed by atoms with E-state index >= 15 is 0 Å². The molecule has 0 fully saturated rings. The lowest BCUT2D eigenvalue weighted by atomic mass is 10.0. The van der Waals surface area contributed by atoms with E-state index in [1.54, 1.807) is 6.07 Å². The van der Waals surface area contributed by atoms with Gasteiger partial charge in [-0.15, -0.1) is 0 Å². The van der Waals surface area contributed by atoms with E-state index in [9.17, 15) is 23.6 Å². The molecule has 2 atom stereocenters. The van der Waals surface area contributed by atoms with Crippen LogP contribution in [0.15, 0.2) is 24.3 Å². The molecule has 0 radical (unpaired) electrons. The van der Waals surface area contributed by atoms with Crippen molar-refractivity contribution < 1.29 is 28.3 Å². The second kappa shape index (κ2) is 10.3. The van der Waals surface area contributed by atoms with E-state index in [-0.39, 0.29) is 25.0 Å². The number of halogens is 1. The summed E-state index contributed by atoms with van der Waals surface area (Å²) in [7, 11) is 1.17. The summed E-state index contributed by atoms with van der Waals surface area (Å²) in [5.41, 5.74) is 0.511. The van der Waals surface area contributed by atoms with Crippen LogP contribution in [0.1, 0.15) is 32.3 Å². The minimum Gasteiger partial charge on any atom is -0.467 e. The smallest absolute Gasteiger partial charge is 0.328 e. The van der Waals surface area contributed by atoms with E-state index < -0.39 is 35.7 Å². The minimum atomic E-state index is -1.01. The van der Waals surface area contributed by atoms with Crippen LogP contribution in [-0.2, 0) is 30.3 Å². The third-order valence-corrected chi connectivity index (χ3v) is 3.61. The van der Waals surface area contributed by atoms with Gasteiger partial charge in [-0.2, -0.15) is 0 Å². The van der Waals surface area contributed by atoms with Crippen molar-refractivity contribution >= 4 is 23.6 Å². The fraction of sp³-hybridized carbons (Fsp3) is 0.444. The van der Waals surface area contributed by atoms with Gasteiger partial charge >= 0.3 is 5.97 Å². The first-order chi connectivity index (χ1) is 12.2. The topological polar surface area (TPSA) is 102 Å². The van der Waals surface area contributed by atoms with E-state index in [2.05, 4.69) is 15.4 Å². The molecule has 142 valence electrons. The molecule has 0 aliphatic carbocycles. The van der Waals surface area contributed by atoms with Gasteiger partial charge in [0, 0.05) is 19.8 Å². The highest BCUT2D eigenvalue weighted by atomic mass is 19.1. The molecular weight excluding hydrogens is 343 g/mol. The summed E-state index contributed by atoms with van der Waals surface area (Å²) >= 11 is 0.